The molecular weight excluding hydrogens is 346 g/mol. The molecule has 1 aliphatic rings. The molecule has 3 aromatic rings. The van der Waals surface area contributed by atoms with Gasteiger partial charge in [0.25, 0.3) is 0 Å². The molecule has 134 valence electrons. The van der Waals surface area contributed by atoms with Crippen molar-refractivity contribution in [1.82, 2.24) is 10.5 Å². The van der Waals surface area contributed by atoms with E-state index in [1.807, 2.05) is 6.07 Å². The monoisotopic (exact) mass is 367 g/mol. The number of hydrogen-bond acceptors (Lipinski definition) is 5. The van der Waals surface area contributed by atoms with Crippen molar-refractivity contribution in [3.8, 4) is 0 Å². The SMILES string of the molecule is Cc1cc(NC(=O)CNC(c2ccc3c(c2)CCC3)c2cccs2)no1. The first-order valence-electron chi connectivity index (χ1n) is 8.81. The van der Waals surface area contributed by atoms with Crippen LogP contribution in [0.2, 0.25) is 0 Å². The molecule has 1 unspecified atom stereocenters. The fourth-order valence-electron chi connectivity index (χ4n) is 3.42. The normalized spacial score (nSPS) is 14.2. The van der Waals surface area contributed by atoms with Crippen LogP contribution in [0.3, 0.4) is 0 Å². The number of aromatic nitrogens is 1. The zero-order valence-electron chi connectivity index (χ0n) is 14.6. The van der Waals surface area contributed by atoms with Gasteiger partial charge in [-0.2, -0.15) is 0 Å². The predicted molar refractivity (Wildman–Crippen MR) is 103 cm³/mol. The second kappa shape index (κ2) is 7.43. The summed E-state index contributed by atoms with van der Waals surface area (Å²) >= 11 is 1.70. The van der Waals surface area contributed by atoms with Gasteiger partial charge in [-0.15, -0.1) is 11.3 Å². The zero-order chi connectivity index (χ0) is 17.9. The Kier molecular flexibility index (Phi) is 4.86. The highest BCUT2D eigenvalue weighted by molar-refractivity contribution is 7.10. The maximum Gasteiger partial charge on any atom is 0.239 e. The van der Waals surface area contributed by atoms with E-state index in [2.05, 4.69) is 45.4 Å². The molecule has 26 heavy (non-hydrogen) atoms. The van der Waals surface area contributed by atoms with E-state index in [4.69, 9.17) is 4.52 Å². The number of aryl methyl sites for hydroxylation is 3. The highest BCUT2D eigenvalue weighted by atomic mass is 32.1. The molecule has 0 fully saturated rings. The van der Waals surface area contributed by atoms with E-state index in [-0.39, 0.29) is 18.5 Å². The minimum Gasteiger partial charge on any atom is -0.360 e. The quantitative estimate of drug-likeness (QED) is 0.694. The highest BCUT2D eigenvalue weighted by Crippen LogP contribution is 2.30. The molecule has 1 amide bonds. The number of thiophene rings is 1. The van der Waals surface area contributed by atoms with Gasteiger partial charge in [0.15, 0.2) is 5.82 Å². The second-order valence-electron chi connectivity index (χ2n) is 6.58. The van der Waals surface area contributed by atoms with E-state index >= 15 is 0 Å². The summed E-state index contributed by atoms with van der Waals surface area (Å²) in [6.07, 6.45) is 3.55. The van der Waals surface area contributed by atoms with Crippen molar-refractivity contribution >= 4 is 23.1 Å². The molecule has 5 nitrogen and oxygen atoms in total. The molecule has 0 radical (unpaired) electrons. The second-order valence-corrected chi connectivity index (χ2v) is 7.56. The Morgan fingerprint density at radius 3 is 2.92 bits per heavy atom. The largest absolute Gasteiger partial charge is 0.360 e. The Labute approximate surface area is 156 Å². The smallest absolute Gasteiger partial charge is 0.239 e. The van der Waals surface area contributed by atoms with Crippen LogP contribution in [0.25, 0.3) is 0 Å². The maximum absolute atomic E-state index is 12.3. The summed E-state index contributed by atoms with van der Waals surface area (Å²) in [7, 11) is 0. The van der Waals surface area contributed by atoms with Crippen molar-refractivity contribution in [2.24, 2.45) is 0 Å². The van der Waals surface area contributed by atoms with Crippen LogP contribution in [0, 0.1) is 6.92 Å². The first-order valence-corrected chi connectivity index (χ1v) is 9.68. The van der Waals surface area contributed by atoms with Gasteiger partial charge in [-0.3, -0.25) is 10.1 Å². The molecule has 6 heteroatoms. The Balaban J connectivity index is 1.48. The number of rotatable bonds is 6. The third-order valence-corrected chi connectivity index (χ3v) is 5.58. The van der Waals surface area contributed by atoms with Crippen molar-refractivity contribution < 1.29 is 9.32 Å². The van der Waals surface area contributed by atoms with Crippen LogP contribution in [0.5, 0.6) is 0 Å². The summed E-state index contributed by atoms with van der Waals surface area (Å²) in [4.78, 5) is 13.5. The number of benzene rings is 1. The summed E-state index contributed by atoms with van der Waals surface area (Å²) < 4.78 is 4.98. The predicted octanol–water partition coefficient (Wildman–Crippen LogP) is 3.85. The number of nitrogens with zero attached hydrogens (tertiary/aromatic N) is 1. The van der Waals surface area contributed by atoms with Gasteiger partial charge in [-0.25, -0.2) is 0 Å². The minimum absolute atomic E-state index is 0.00527. The number of amides is 1. The van der Waals surface area contributed by atoms with Crippen molar-refractivity contribution in [1.29, 1.82) is 0 Å². The Morgan fingerprint density at radius 2 is 2.15 bits per heavy atom. The highest BCUT2D eigenvalue weighted by Gasteiger charge is 2.19. The van der Waals surface area contributed by atoms with Crippen LogP contribution in [-0.2, 0) is 17.6 Å². The van der Waals surface area contributed by atoms with Crippen molar-refractivity contribution in [3.63, 3.8) is 0 Å². The van der Waals surface area contributed by atoms with Crippen LogP contribution < -0.4 is 10.6 Å². The van der Waals surface area contributed by atoms with Gasteiger partial charge >= 0.3 is 0 Å². The van der Waals surface area contributed by atoms with Crippen LogP contribution in [0.1, 0.15) is 39.8 Å². The number of nitrogens with one attached hydrogen (secondary N) is 2. The van der Waals surface area contributed by atoms with Crippen molar-refractivity contribution in [2.45, 2.75) is 32.2 Å². The summed E-state index contributed by atoms with van der Waals surface area (Å²) in [5, 5.41) is 12.0. The zero-order valence-corrected chi connectivity index (χ0v) is 15.4. The van der Waals surface area contributed by atoms with Gasteiger partial charge in [-0.05, 0) is 54.3 Å². The van der Waals surface area contributed by atoms with Gasteiger partial charge in [-0.1, -0.05) is 29.4 Å². The van der Waals surface area contributed by atoms with Crippen molar-refractivity contribution in [3.05, 3.63) is 69.1 Å². The van der Waals surface area contributed by atoms with Gasteiger partial charge < -0.3 is 9.84 Å². The van der Waals surface area contributed by atoms with Crippen LogP contribution in [-0.4, -0.2) is 17.6 Å². The average Bonchev–Trinajstić information content (AvgIpc) is 3.37. The topological polar surface area (TPSA) is 67.2 Å². The molecule has 4 rings (SSSR count). The molecule has 0 bridgehead atoms. The lowest BCUT2D eigenvalue weighted by atomic mass is 10.00. The molecule has 1 atom stereocenters. The van der Waals surface area contributed by atoms with E-state index in [9.17, 15) is 4.79 Å². The summed E-state index contributed by atoms with van der Waals surface area (Å²) in [5.41, 5.74) is 4.10. The fourth-order valence-corrected chi connectivity index (χ4v) is 4.24. The minimum atomic E-state index is -0.138. The lowest BCUT2D eigenvalue weighted by molar-refractivity contribution is -0.115. The number of hydrogen-bond donors (Lipinski definition) is 2. The number of carbonyl (C=O) groups is 1. The summed E-state index contributed by atoms with van der Waals surface area (Å²) in [6.45, 7) is 1.99. The Hall–Kier alpha value is -2.44. The van der Waals surface area contributed by atoms with Crippen LogP contribution in [0.15, 0.2) is 46.3 Å². The number of fused-ring (bicyclic) bond motifs is 1. The number of anilines is 1. The van der Waals surface area contributed by atoms with Crippen LogP contribution >= 0.6 is 11.3 Å². The Morgan fingerprint density at radius 1 is 1.27 bits per heavy atom. The maximum atomic E-state index is 12.3. The lowest BCUT2D eigenvalue weighted by Crippen LogP contribution is -2.31. The molecule has 2 heterocycles. The molecule has 0 saturated carbocycles. The molecule has 1 aliphatic carbocycles. The van der Waals surface area contributed by atoms with Gasteiger partial charge in [0, 0.05) is 10.9 Å². The lowest BCUT2D eigenvalue weighted by Gasteiger charge is -2.19. The summed E-state index contributed by atoms with van der Waals surface area (Å²) in [6, 6.07) is 12.6. The van der Waals surface area contributed by atoms with Gasteiger partial charge in [0.05, 0.1) is 12.6 Å². The average molecular weight is 367 g/mol. The van der Waals surface area contributed by atoms with E-state index in [0.29, 0.717) is 11.6 Å². The van der Waals surface area contributed by atoms with Gasteiger partial charge in [0.1, 0.15) is 5.76 Å². The first kappa shape index (κ1) is 17.0. The third-order valence-electron chi connectivity index (χ3n) is 4.65. The molecule has 0 saturated heterocycles. The molecular formula is C20H21N3O2S. The van der Waals surface area contributed by atoms with E-state index < -0.39 is 0 Å². The van der Waals surface area contributed by atoms with Gasteiger partial charge in [0.2, 0.25) is 5.91 Å². The Bertz CT molecular complexity index is 902. The van der Waals surface area contributed by atoms with Crippen LogP contribution in [0.4, 0.5) is 5.82 Å². The molecule has 1 aromatic carbocycles. The molecule has 2 aromatic heterocycles. The first-order chi connectivity index (χ1) is 12.7. The molecule has 0 aliphatic heterocycles. The standard InChI is InChI=1S/C20H21N3O2S/c1-13-10-18(23-25-13)22-19(24)12-21-20(17-6-3-9-26-17)16-8-7-14-4-2-5-15(14)11-16/h3,6-11,20-21H,2,4-5,12H2,1H3,(H,22,23,24). The number of carbonyl (C=O) groups excluding carboxylic acids is 1. The summed E-state index contributed by atoms with van der Waals surface area (Å²) in [5.74, 6) is 0.975. The van der Waals surface area contributed by atoms with E-state index in [1.165, 1.54) is 34.4 Å². The molecule has 0 spiro atoms. The van der Waals surface area contributed by atoms with E-state index in [1.54, 1.807) is 24.3 Å². The van der Waals surface area contributed by atoms with E-state index in [0.717, 1.165) is 6.42 Å². The third kappa shape index (κ3) is 3.71. The molecule has 2 N–H and O–H groups in total. The van der Waals surface area contributed by atoms with Crippen molar-refractivity contribution in [2.75, 3.05) is 11.9 Å². The fraction of sp³-hybridized carbons (Fsp3) is 0.300.